The minimum absolute atomic E-state index is 0.299. The van der Waals surface area contributed by atoms with E-state index in [0.29, 0.717) is 5.56 Å². The van der Waals surface area contributed by atoms with Crippen molar-refractivity contribution in [3.63, 3.8) is 0 Å². The molecule has 0 heterocycles. The van der Waals surface area contributed by atoms with Gasteiger partial charge in [0.15, 0.2) is 0 Å². The van der Waals surface area contributed by atoms with Crippen molar-refractivity contribution in [2.75, 3.05) is 7.11 Å². The highest BCUT2D eigenvalue weighted by molar-refractivity contribution is 5.90. The van der Waals surface area contributed by atoms with Crippen molar-refractivity contribution in [3.05, 3.63) is 41.8 Å². The summed E-state index contributed by atoms with van der Waals surface area (Å²) in [6, 6.07) is 5.37. The molecule has 0 aliphatic heterocycles. The second-order valence-corrected chi connectivity index (χ2v) is 2.64. The van der Waals surface area contributed by atoms with Gasteiger partial charge in [0.25, 0.3) is 0 Å². The Morgan fingerprint density at radius 3 is 2.67 bits per heavy atom. The Morgan fingerprint density at radius 2 is 2.17 bits per heavy atom. The van der Waals surface area contributed by atoms with Crippen molar-refractivity contribution >= 4 is 5.97 Å². The monoisotopic (exact) mass is 163 g/mol. The number of aryl methyl sites for hydroxylation is 1. The molecular weight excluding hydrogens is 152 g/mol. The predicted molar refractivity (Wildman–Crippen MR) is 47.0 cm³/mol. The fourth-order valence-electron chi connectivity index (χ4n) is 1.06. The average molecular weight is 163 g/mol. The van der Waals surface area contributed by atoms with Crippen LogP contribution in [0.2, 0.25) is 0 Å². The standard InChI is InChI=1S/C10H11O2/c1-7-4-5-9(8(2)6-7)10(11)12-3/h4-6H,1H2,2-3H3. The molecule has 1 rings (SSSR count). The van der Waals surface area contributed by atoms with E-state index in [9.17, 15) is 4.79 Å². The molecule has 0 saturated carbocycles. The Labute approximate surface area is 72.2 Å². The summed E-state index contributed by atoms with van der Waals surface area (Å²) >= 11 is 0. The summed E-state index contributed by atoms with van der Waals surface area (Å²) in [6.07, 6.45) is 0. The highest BCUT2D eigenvalue weighted by Crippen LogP contribution is 2.10. The third-order valence-corrected chi connectivity index (χ3v) is 1.70. The van der Waals surface area contributed by atoms with Crippen LogP contribution in [0.25, 0.3) is 0 Å². The Hall–Kier alpha value is -1.31. The first kappa shape index (κ1) is 8.78. The number of hydrogen-bond donors (Lipinski definition) is 0. The van der Waals surface area contributed by atoms with Gasteiger partial charge in [-0.1, -0.05) is 12.1 Å². The van der Waals surface area contributed by atoms with Crippen molar-refractivity contribution in [3.8, 4) is 0 Å². The number of carbonyl (C=O) groups excluding carboxylic acids is 1. The number of carbonyl (C=O) groups is 1. The fraction of sp³-hybridized carbons (Fsp3) is 0.200. The molecule has 0 unspecified atom stereocenters. The van der Waals surface area contributed by atoms with Crippen LogP contribution in [0.4, 0.5) is 0 Å². The van der Waals surface area contributed by atoms with E-state index in [2.05, 4.69) is 11.7 Å². The van der Waals surface area contributed by atoms with Gasteiger partial charge in [0.1, 0.15) is 0 Å². The van der Waals surface area contributed by atoms with Crippen LogP contribution in [-0.2, 0) is 4.74 Å². The van der Waals surface area contributed by atoms with Gasteiger partial charge in [-0.25, -0.2) is 4.79 Å². The highest BCUT2D eigenvalue weighted by Gasteiger charge is 2.07. The summed E-state index contributed by atoms with van der Waals surface area (Å²) in [5.41, 5.74) is 2.40. The lowest BCUT2D eigenvalue weighted by Gasteiger charge is -2.03. The van der Waals surface area contributed by atoms with Gasteiger partial charge in [-0.05, 0) is 31.0 Å². The molecule has 0 aliphatic carbocycles. The third-order valence-electron chi connectivity index (χ3n) is 1.70. The van der Waals surface area contributed by atoms with Crippen LogP contribution in [-0.4, -0.2) is 13.1 Å². The van der Waals surface area contributed by atoms with Gasteiger partial charge >= 0.3 is 5.97 Å². The Balaban J connectivity index is 3.09. The molecule has 0 bridgehead atoms. The van der Waals surface area contributed by atoms with E-state index in [1.807, 2.05) is 13.0 Å². The van der Waals surface area contributed by atoms with Gasteiger partial charge in [0.05, 0.1) is 12.7 Å². The molecule has 0 amide bonds. The molecule has 0 atom stereocenters. The first-order chi connectivity index (χ1) is 5.65. The summed E-state index contributed by atoms with van der Waals surface area (Å²) in [4.78, 5) is 11.1. The third kappa shape index (κ3) is 1.64. The Bertz CT molecular complexity index is 303. The highest BCUT2D eigenvalue weighted by atomic mass is 16.5. The SMILES string of the molecule is [CH2]c1ccc(C(=O)OC)c(C)c1. The Kier molecular flexibility index (Phi) is 2.48. The molecule has 0 saturated heterocycles. The number of methoxy groups -OCH3 is 1. The first-order valence-electron chi connectivity index (χ1n) is 3.66. The van der Waals surface area contributed by atoms with Crippen molar-refractivity contribution < 1.29 is 9.53 Å². The van der Waals surface area contributed by atoms with Crippen LogP contribution in [0.5, 0.6) is 0 Å². The largest absolute Gasteiger partial charge is 0.465 e. The number of rotatable bonds is 1. The lowest BCUT2D eigenvalue weighted by molar-refractivity contribution is 0.0600. The van der Waals surface area contributed by atoms with Crippen molar-refractivity contribution in [1.29, 1.82) is 0 Å². The maximum Gasteiger partial charge on any atom is 0.338 e. The van der Waals surface area contributed by atoms with Gasteiger partial charge in [0.2, 0.25) is 0 Å². The number of ether oxygens (including phenoxy) is 1. The lowest BCUT2D eigenvalue weighted by atomic mass is 10.1. The van der Waals surface area contributed by atoms with Crippen molar-refractivity contribution in [2.24, 2.45) is 0 Å². The van der Waals surface area contributed by atoms with Gasteiger partial charge in [-0.2, -0.15) is 0 Å². The van der Waals surface area contributed by atoms with Crippen LogP contribution in [0.3, 0.4) is 0 Å². The molecule has 2 heteroatoms. The van der Waals surface area contributed by atoms with E-state index in [4.69, 9.17) is 0 Å². The summed E-state index contributed by atoms with van der Waals surface area (Å²) in [5.74, 6) is -0.299. The number of hydrogen-bond acceptors (Lipinski definition) is 2. The zero-order valence-electron chi connectivity index (χ0n) is 7.26. The minimum Gasteiger partial charge on any atom is -0.465 e. The molecule has 0 fully saturated rings. The number of benzene rings is 1. The van der Waals surface area contributed by atoms with E-state index < -0.39 is 0 Å². The zero-order valence-corrected chi connectivity index (χ0v) is 7.26. The smallest absolute Gasteiger partial charge is 0.338 e. The molecule has 1 aromatic carbocycles. The molecule has 63 valence electrons. The zero-order chi connectivity index (χ0) is 9.14. The molecule has 12 heavy (non-hydrogen) atoms. The maximum absolute atomic E-state index is 11.1. The maximum atomic E-state index is 11.1. The predicted octanol–water partition coefficient (Wildman–Crippen LogP) is 1.96. The Morgan fingerprint density at radius 1 is 1.50 bits per heavy atom. The molecule has 0 aromatic heterocycles. The molecular formula is C10H11O2. The van der Waals surface area contributed by atoms with Gasteiger partial charge < -0.3 is 4.74 Å². The van der Waals surface area contributed by atoms with Crippen LogP contribution in [0, 0.1) is 13.8 Å². The minimum atomic E-state index is -0.299. The fourth-order valence-corrected chi connectivity index (χ4v) is 1.06. The molecule has 1 radical (unpaired) electrons. The summed E-state index contributed by atoms with van der Waals surface area (Å²) in [5, 5.41) is 0. The second-order valence-electron chi connectivity index (χ2n) is 2.64. The molecule has 0 aliphatic rings. The molecule has 0 N–H and O–H groups in total. The van der Waals surface area contributed by atoms with Crippen LogP contribution >= 0.6 is 0 Å². The van der Waals surface area contributed by atoms with Gasteiger partial charge in [0, 0.05) is 0 Å². The quantitative estimate of drug-likeness (QED) is 0.591. The van der Waals surface area contributed by atoms with Crippen LogP contribution < -0.4 is 0 Å². The first-order valence-corrected chi connectivity index (χ1v) is 3.66. The average Bonchev–Trinajstić information content (AvgIpc) is 2.03. The van der Waals surface area contributed by atoms with Crippen molar-refractivity contribution in [1.82, 2.24) is 0 Å². The normalized spacial score (nSPS) is 9.58. The van der Waals surface area contributed by atoms with Crippen LogP contribution in [0.1, 0.15) is 21.5 Å². The van der Waals surface area contributed by atoms with E-state index in [1.54, 1.807) is 12.1 Å². The van der Waals surface area contributed by atoms with E-state index in [0.717, 1.165) is 11.1 Å². The van der Waals surface area contributed by atoms with Gasteiger partial charge in [-0.15, -0.1) is 0 Å². The topological polar surface area (TPSA) is 26.3 Å². The van der Waals surface area contributed by atoms with E-state index in [1.165, 1.54) is 7.11 Å². The summed E-state index contributed by atoms with van der Waals surface area (Å²) < 4.78 is 4.60. The lowest BCUT2D eigenvalue weighted by Crippen LogP contribution is -2.03. The van der Waals surface area contributed by atoms with E-state index >= 15 is 0 Å². The molecule has 2 nitrogen and oxygen atoms in total. The summed E-state index contributed by atoms with van der Waals surface area (Å²) in [6.45, 7) is 5.62. The van der Waals surface area contributed by atoms with E-state index in [-0.39, 0.29) is 5.97 Å². The summed E-state index contributed by atoms with van der Waals surface area (Å²) in [7, 11) is 1.37. The van der Waals surface area contributed by atoms with Crippen molar-refractivity contribution in [2.45, 2.75) is 6.92 Å². The number of esters is 1. The molecule has 0 spiro atoms. The molecule has 1 aromatic rings. The van der Waals surface area contributed by atoms with Gasteiger partial charge in [-0.3, -0.25) is 0 Å². The van der Waals surface area contributed by atoms with Crippen LogP contribution in [0.15, 0.2) is 18.2 Å². The second kappa shape index (κ2) is 3.39.